The summed E-state index contributed by atoms with van der Waals surface area (Å²) in [4.78, 5) is 24.6. The van der Waals surface area contributed by atoms with Gasteiger partial charge in [0.2, 0.25) is 5.91 Å². The van der Waals surface area contributed by atoms with Crippen molar-refractivity contribution in [1.82, 2.24) is 4.57 Å². The predicted molar refractivity (Wildman–Crippen MR) is 99.2 cm³/mol. The molecule has 1 heterocycles. The van der Waals surface area contributed by atoms with E-state index in [1.807, 2.05) is 0 Å². The number of ether oxygens (including phenoxy) is 1. The van der Waals surface area contributed by atoms with E-state index >= 15 is 0 Å². The van der Waals surface area contributed by atoms with Gasteiger partial charge in [-0.15, -0.1) is 0 Å². The molecule has 0 bridgehead atoms. The molecule has 0 fully saturated rings. The fourth-order valence-electron chi connectivity index (χ4n) is 2.55. The number of rotatable bonds is 3. The van der Waals surface area contributed by atoms with E-state index in [-0.39, 0.29) is 11.8 Å². The number of hydrogen-bond acceptors (Lipinski definition) is 3. The van der Waals surface area contributed by atoms with Gasteiger partial charge in [-0.1, -0.05) is 23.2 Å². The largest absolute Gasteiger partial charge is 0.497 e. The molecule has 1 amide bonds. The van der Waals surface area contributed by atoms with Gasteiger partial charge < -0.3 is 10.1 Å². The number of amides is 1. The van der Waals surface area contributed by atoms with E-state index in [0.29, 0.717) is 37.9 Å². The molecule has 5 nitrogen and oxygen atoms in total. The Hall–Kier alpha value is -2.50. The minimum atomic E-state index is -0.364. The number of halogens is 2. The molecule has 0 atom stereocenters. The molecule has 0 saturated carbocycles. The zero-order valence-electron chi connectivity index (χ0n) is 13.5. The first-order chi connectivity index (χ1) is 11.9. The number of hydrogen-bond donors (Lipinski definition) is 1. The number of benzene rings is 2. The first-order valence-electron chi connectivity index (χ1n) is 7.37. The summed E-state index contributed by atoms with van der Waals surface area (Å²) in [7, 11) is 1.54. The number of fused-ring (bicyclic) bond motifs is 1. The lowest BCUT2D eigenvalue weighted by atomic mass is 10.1. The second-order valence-corrected chi connectivity index (χ2v) is 6.21. The van der Waals surface area contributed by atoms with Gasteiger partial charge in [-0.3, -0.25) is 14.2 Å². The molecule has 1 N–H and O–H groups in total. The molecule has 0 aliphatic heterocycles. The third-order valence-electron chi connectivity index (χ3n) is 3.77. The second-order valence-electron chi connectivity index (χ2n) is 5.40. The van der Waals surface area contributed by atoms with Crippen molar-refractivity contribution in [2.45, 2.75) is 6.92 Å². The van der Waals surface area contributed by atoms with Crippen LogP contribution in [0.3, 0.4) is 0 Å². The molecule has 0 radical (unpaired) electrons. The number of carbonyl (C=O) groups excluding carboxylic acids is 2. The van der Waals surface area contributed by atoms with Crippen molar-refractivity contribution in [1.29, 1.82) is 0 Å². The first kappa shape index (κ1) is 17.3. The quantitative estimate of drug-likeness (QED) is 0.709. The third-order valence-corrected chi connectivity index (χ3v) is 4.51. The lowest BCUT2D eigenvalue weighted by molar-refractivity contribution is 0.0941. The lowest BCUT2D eigenvalue weighted by Gasteiger charge is -2.06. The Morgan fingerprint density at radius 3 is 2.48 bits per heavy atom. The van der Waals surface area contributed by atoms with Crippen molar-refractivity contribution in [2.24, 2.45) is 0 Å². The highest BCUT2D eigenvalue weighted by Gasteiger charge is 2.18. The van der Waals surface area contributed by atoms with Crippen molar-refractivity contribution >= 4 is 51.6 Å². The highest BCUT2D eigenvalue weighted by atomic mass is 35.5. The Morgan fingerprint density at radius 1 is 1.08 bits per heavy atom. The molecule has 2 aromatic carbocycles. The number of anilines is 1. The smallest absolute Gasteiger partial charge is 0.257 e. The van der Waals surface area contributed by atoms with Crippen LogP contribution < -0.4 is 10.1 Å². The van der Waals surface area contributed by atoms with Crippen LogP contribution in [0.4, 0.5) is 5.69 Å². The maximum absolute atomic E-state index is 12.7. The molecule has 0 spiro atoms. The van der Waals surface area contributed by atoms with Gasteiger partial charge in [0.1, 0.15) is 5.75 Å². The number of aromatic nitrogens is 1. The van der Waals surface area contributed by atoms with Crippen LogP contribution in [-0.2, 0) is 0 Å². The molecule has 25 heavy (non-hydrogen) atoms. The van der Waals surface area contributed by atoms with Gasteiger partial charge in [0.15, 0.2) is 0 Å². The summed E-state index contributed by atoms with van der Waals surface area (Å²) in [5, 5.41) is 4.12. The Balaban J connectivity index is 2.05. The molecule has 0 aliphatic carbocycles. The Labute approximate surface area is 154 Å². The van der Waals surface area contributed by atoms with Crippen LogP contribution in [0, 0.1) is 0 Å². The van der Waals surface area contributed by atoms with Crippen molar-refractivity contribution in [3.05, 3.63) is 58.2 Å². The summed E-state index contributed by atoms with van der Waals surface area (Å²) < 4.78 is 6.65. The second kappa shape index (κ2) is 6.78. The number of methoxy groups -OCH3 is 1. The first-order valence-corrected chi connectivity index (χ1v) is 8.12. The highest BCUT2D eigenvalue weighted by molar-refractivity contribution is 6.42. The van der Waals surface area contributed by atoms with Crippen LogP contribution >= 0.6 is 23.2 Å². The van der Waals surface area contributed by atoms with E-state index in [9.17, 15) is 9.59 Å². The SMILES string of the molecule is COc1ccc2c(c1)c(C(=O)Nc1ccc(Cl)c(Cl)c1)cn2C(C)=O. The third kappa shape index (κ3) is 3.34. The maximum atomic E-state index is 12.7. The van der Waals surface area contributed by atoms with Crippen LogP contribution in [0.1, 0.15) is 22.1 Å². The van der Waals surface area contributed by atoms with Gasteiger partial charge in [-0.25, -0.2) is 0 Å². The summed E-state index contributed by atoms with van der Waals surface area (Å²) in [5.41, 5.74) is 1.49. The van der Waals surface area contributed by atoms with Gasteiger partial charge in [-0.2, -0.15) is 0 Å². The molecule has 0 unspecified atom stereocenters. The number of carbonyl (C=O) groups is 2. The normalized spacial score (nSPS) is 10.7. The van der Waals surface area contributed by atoms with E-state index in [4.69, 9.17) is 27.9 Å². The van der Waals surface area contributed by atoms with Crippen LogP contribution in [0.2, 0.25) is 10.0 Å². The van der Waals surface area contributed by atoms with Crippen LogP contribution in [0.25, 0.3) is 10.9 Å². The van der Waals surface area contributed by atoms with Crippen molar-refractivity contribution in [3.8, 4) is 5.75 Å². The average Bonchev–Trinajstić information content (AvgIpc) is 2.97. The van der Waals surface area contributed by atoms with Crippen LogP contribution in [0.5, 0.6) is 5.75 Å². The van der Waals surface area contributed by atoms with Crippen LogP contribution in [0.15, 0.2) is 42.6 Å². The molecule has 0 aliphatic rings. The van der Waals surface area contributed by atoms with Crippen LogP contribution in [-0.4, -0.2) is 23.5 Å². The highest BCUT2D eigenvalue weighted by Crippen LogP contribution is 2.28. The molecular formula is C18H14Cl2N2O3. The molecule has 3 rings (SSSR count). The Bertz CT molecular complexity index is 995. The standard InChI is InChI=1S/C18H14Cl2N2O3/c1-10(23)22-9-14(13-8-12(25-2)4-6-17(13)22)18(24)21-11-3-5-15(19)16(20)7-11/h3-9H,1-2H3,(H,21,24). The Morgan fingerprint density at radius 2 is 1.84 bits per heavy atom. The van der Waals surface area contributed by atoms with Gasteiger partial charge in [0, 0.05) is 24.2 Å². The lowest BCUT2D eigenvalue weighted by Crippen LogP contribution is -2.12. The summed E-state index contributed by atoms with van der Waals surface area (Å²) in [5.74, 6) is 0.0396. The summed E-state index contributed by atoms with van der Waals surface area (Å²) >= 11 is 11.9. The van der Waals surface area contributed by atoms with E-state index in [2.05, 4.69) is 5.32 Å². The molecule has 1 aromatic heterocycles. The molecular weight excluding hydrogens is 363 g/mol. The van der Waals surface area contributed by atoms with Crippen molar-refractivity contribution < 1.29 is 14.3 Å². The van der Waals surface area contributed by atoms with E-state index in [1.165, 1.54) is 17.7 Å². The monoisotopic (exact) mass is 376 g/mol. The van der Waals surface area contributed by atoms with E-state index < -0.39 is 0 Å². The summed E-state index contributed by atoms with van der Waals surface area (Å²) in [6.45, 7) is 1.43. The fraction of sp³-hybridized carbons (Fsp3) is 0.111. The molecule has 3 aromatic rings. The molecule has 7 heteroatoms. The zero-order chi connectivity index (χ0) is 18.1. The van der Waals surface area contributed by atoms with Gasteiger partial charge in [-0.05, 0) is 36.4 Å². The molecule has 128 valence electrons. The van der Waals surface area contributed by atoms with E-state index in [0.717, 1.165) is 0 Å². The minimum absolute atomic E-state index is 0.191. The summed E-state index contributed by atoms with van der Waals surface area (Å²) in [6.07, 6.45) is 1.51. The van der Waals surface area contributed by atoms with Gasteiger partial charge >= 0.3 is 0 Å². The molecule has 0 saturated heterocycles. The predicted octanol–water partition coefficient (Wildman–Crippen LogP) is 4.87. The van der Waals surface area contributed by atoms with Gasteiger partial charge in [0.05, 0.1) is 28.2 Å². The van der Waals surface area contributed by atoms with Crippen molar-refractivity contribution in [3.63, 3.8) is 0 Å². The fourth-order valence-corrected chi connectivity index (χ4v) is 2.85. The summed E-state index contributed by atoms with van der Waals surface area (Å²) in [6, 6.07) is 10.0. The van der Waals surface area contributed by atoms with Gasteiger partial charge in [0.25, 0.3) is 5.91 Å². The number of nitrogens with one attached hydrogen (secondary N) is 1. The van der Waals surface area contributed by atoms with Crippen molar-refractivity contribution in [2.75, 3.05) is 12.4 Å². The van der Waals surface area contributed by atoms with E-state index in [1.54, 1.807) is 43.5 Å². The maximum Gasteiger partial charge on any atom is 0.257 e. The Kier molecular flexibility index (Phi) is 4.70. The number of nitrogens with zero attached hydrogens (tertiary/aromatic N) is 1. The zero-order valence-corrected chi connectivity index (χ0v) is 15.0. The topological polar surface area (TPSA) is 60.3 Å². The minimum Gasteiger partial charge on any atom is -0.497 e. The average molecular weight is 377 g/mol.